The molecule has 5 nitrogen and oxygen atoms in total. The van der Waals surface area contributed by atoms with E-state index in [2.05, 4.69) is 0 Å². The van der Waals surface area contributed by atoms with Gasteiger partial charge >= 0.3 is 0 Å². The minimum Gasteiger partial charge on any atom is -0.468 e. The van der Waals surface area contributed by atoms with Gasteiger partial charge in [-0.15, -0.1) is 0 Å². The van der Waals surface area contributed by atoms with Crippen LogP contribution in [0.3, 0.4) is 0 Å². The van der Waals surface area contributed by atoms with Crippen LogP contribution in [0.25, 0.3) is 0 Å². The maximum absolute atomic E-state index is 12.5. The zero-order valence-electron chi connectivity index (χ0n) is 14.6. The maximum Gasteiger partial charge on any atom is 0.297 e. The van der Waals surface area contributed by atoms with Gasteiger partial charge in [0.1, 0.15) is 0 Å². The SMILES string of the molecule is [B]C1([B])Oc2ccc(C[C@@H](CC)OS(=O)(=O)c3ccc(C)cc3)cc2O1. The summed E-state index contributed by atoms with van der Waals surface area (Å²) >= 11 is 0. The van der Waals surface area contributed by atoms with E-state index in [9.17, 15) is 8.42 Å². The van der Waals surface area contributed by atoms with Crippen LogP contribution in [0.1, 0.15) is 24.5 Å². The summed E-state index contributed by atoms with van der Waals surface area (Å²) in [7, 11) is 7.35. The van der Waals surface area contributed by atoms with E-state index in [1.54, 1.807) is 42.5 Å². The minimum atomic E-state index is -3.83. The summed E-state index contributed by atoms with van der Waals surface area (Å²) in [6.07, 6.45) is 0.402. The Bertz CT molecular complexity index is 894. The Hall–Kier alpha value is -1.92. The number of aryl methyl sites for hydroxylation is 1. The van der Waals surface area contributed by atoms with Crippen molar-refractivity contribution >= 4 is 25.8 Å². The molecule has 1 aliphatic rings. The van der Waals surface area contributed by atoms with E-state index in [1.807, 2.05) is 13.8 Å². The fourth-order valence-electron chi connectivity index (χ4n) is 2.66. The summed E-state index contributed by atoms with van der Waals surface area (Å²) in [5, 5.41) is 0. The highest BCUT2D eigenvalue weighted by Crippen LogP contribution is 2.38. The van der Waals surface area contributed by atoms with E-state index < -0.39 is 21.8 Å². The van der Waals surface area contributed by atoms with Crippen LogP contribution in [-0.4, -0.2) is 35.8 Å². The van der Waals surface area contributed by atoms with E-state index in [0.717, 1.165) is 11.1 Å². The molecule has 0 N–H and O–H groups in total. The first kappa shape index (κ1) is 18.9. The van der Waals surface area contributed by atoms with Crippen LogP contribution < -0.4 is 9.47 Å². The summed E-state index contributed by atoms with van der Waals surface area (Å²) in [6, 6.07) is 11.8. The van der Waals surface area contributed by atoms with E-state index in [4.69, 9.17) is 29.3 Å². The fraction of sp³-hybridized carbons (Fsp3) is 0.333. The number of rotatable bonds is 6. The molecule has 3 rings (SSSR count). The third-order valence-electron chi connectivity index (χ3n) is 4.04. The molecular formula is C18H18B2O5S. The van der Waals surface area contributed by atoms with Crippen molar-refractivity contribution in [2.24, 2.45) is 0 Å². The minimum absolute atomic E-state index is 0.142. The Kier molecular flexibility index (Phi) is 5.08. The number of hydrogen-bond donors (Lipinski definition) is 0. The van der Waals surface area contributed by atoms with Crippen LogP contribution in [0.15, 0.2) is 47.4 Å². The molecule has 0 spiro atoms. The van der Waals surface area contributed by atoms with Crippen molar-refractivity contribution in [1.29, 1.82) is 0 Å². The standard InChI is InChI=1S/C18H18B2O5S/c1-3-14(25-26(21,22)15-7-4-12(2)5-8-15)10-13-6-9-16-17(11-13)24-18(19,20)23-16/h4-9,11,14H,3,10H2,1-2H3/t14-/m1/s1. The van der Waals surface area contributed by atoms with Gasteiger partial charge in [-0.25, -0.2) is 0 Å². The molecule has 1 aliphatic heterocycles. The zero-order valence-corrected chi connectivity index (χ0v) is 15.5. The third-order valence-corrected chi connectivity index (χ3v) is 5.41. The Balaban J connectivity index is 1.73. The first-order chi connectivity index (χ1) is 12.2. The van der Waals surface area contributed by atoms with E-state index in [1.165, 1.54) is 0 Å². The van der Waals surface area contributed by atoms with Crippen molar-refractivity contribution in [3.8, 4) is 11.5 Å². The molecule has 2 aromatic rings. The Morgan fingerprint density at radius 2 is 1.73 bits per heavy atom. The molecule has 1 atom stereocenters. The van der Waals surface area contributed by atoms with Gasteiger partial charge in [-0.2, -0.15) is 8.42 Å². The number of ether oxygens (including phenoxy) is 2. The van der Waals surface area contributed by atoms with Crippen LogP contribution in [0.4, 0.5) is 0 Å². The molecule has 4 radical (unpaired) electrons. The first-order valence-electron chi connectivity index (χ1n) is 8.27. The molecule has 132 valence electrons. The molecule has 0 aliphatic carbocycles. The molecule has 0 amide bonds. The molecule has 0 saturated carbocycles. The molecule has 8 heteroatoms. The summed E-state index contributed by atoms with van der Waals surface area (Å²) in [5.41, 5.74) is 0.124. The van der Waals surface area contributed by atoms with E-state index in [0.29, 0.717) is 24.3 Å². The average molecular weight is 368 g/mol. The lowest BCUT2D eigenvalue weighted by Gasteiger charge is -2.18. The van der Waals surface area contributed by atoms with Crippen LogP contribution in [0.5, 0.6) is 11.5 Å². The molecule has 0 unspecified atom stereocenters. The lowest BCUT2D eigenvalue weighted by atomic mass is 9.76. The monoisotopic (exact) mass is 368 g/mol. The highest BCUT2D eigenvalue weighted by atomic mass is 32.2. The Morgan fingerprint density at radius 3 is 2.38 bits per heavy atom. The topological polar surface area (TPSA) is 61.8 Å². The molecular weight excluding hydrogens is 350 g/mol. The largest absolute Gasteiger partial charge is 0.468 e. The summed E-state index contributed by atoms with van der Waals surface area (Å²) in [4.78, 5) is 0.142. The molecule has 0 aromatic heterocycles. The van der Waals surface area contributed by atoms with Crippen molar-refractivity contribution < 1.29 is 22.1 Å². The van der Waals surface area contributed by atoms with Gasteiger partial charge in [0.25, 0.3) is 10.1 Å². The zero-order chi connectivity index (χ0) is 18.9. The number of fused-ring (bicyclic) bond motifs is 1. The van der Waals surface area contributed by atoms with Gasteiger partial charge < -0.3 is 9.47 Å². The van der Waals surface area contributed by atoms with Gasteiger partial charge in [0, 0.05) is 6.42 Å². The number of benzene rings is 2. The smallest absolute Gasteiger partial charge is 0.297 e. The van der Waals surface area contributed by atoms with Gasteiger partial charge in [-0.1, -0.05) is 30.7 Å². The molecule has 0 bridgehead atoms. The van der Waals surface area contributed by atoms with Crippen molar-refractivity contribution in [2.75, 3.05) is 0 Å². The second-order valence-electron chi connectivity index (χ2n) is 6.30. The van der Waals surface area contributed by atoms with Crippen LogP contribution >= 0.6 is 0 Å². The Labute approximate surface area is 156 Å². The normalized spacial score (nSPS) is 16.4. The lowest BCUT2D eigenvalue weighted by Crippen LogP contribution is -2.39. The predicted molar refractivity (Wildman–Crippen MR) is 99.2 cm³/mol. The number of hydrogen-bond acceptors (Lipinski definition) is 5. The second kappa shape index (κ2) is 7.00. The van der Waals surface area contributed by atoms with E-state index >= 15 is 0 Å². The molecule has 0 saturated heterocycles. The molecule has 26 heavy (non-hydrogen) atoms. The van der Waals surface area contributed by atoms with Crippen molar-refractivity contribution in [3.63, 3.8) is 0 Å². The van der Waals surface area contributed by atoms with Crippen molar-refractivity contribution in [2.45, 2.75) is 43.3 Å². The van der Waals surface area contributed by atoms with Crippen molar-refractivity contribution in [1.82, 2.24) is 0 Å². The predicted octanol–water partition coefficient (Wildman–Crippen LogP) is 2.44. The highest BCUT2D eigenvalue weighted by Gasteiger charge is 2.30. The van der Waals surface area contributed by atoms with Gasteiger partial charge in [0.15, 0.2) is 32.8 Å². The van der Waals surface area contributed by atoms with Crippen LogP contribution in [-0.2, 0) is 20.7 Å². The summed E-state index contributed by atoms with van der Waals surface area (Å²) in [6.45, 7) is 3.76. The lowest BCUT2D eigenvalue weighted by molar-refractivity contribution is 0.0833. The summed E-state index contributed by atoms with van der Waals surface area (Å²) < 4.78 is 40.9. The average Bonchev–Trinajstić information content (AvgIpc) is 2.87. The fourth-order valence-corrected chi connectivity index (χ4v) is 3.80. The molecule has 0 fully saturated rings. The molecule has 1 heterocycles. The molecule has 2 aromatic carbocycles. The van der Waals surface area contributed by atoms with Gasteiger partial charge in [-0.3, -0.25) is 4.18 Å². The van der Waals surface area contributed by atoms with Gasteiger partial charge in [-0.05, 0) is 43.2 Å². The van der Waals surface area contributed by atoms with Crippen LogP contribution in [0, 0.1) is 6.92 Å². The van der Waals surface area contributed by atoms with Gasteiger partial charge in [0.05, 0.1) is 11.0 Å². The van der Waals surface area contributed by atoms with Crippen LogP contribution in [0.2, 0.25) is 0 Å². The third kappa shape index (κ3) is 4.24. The summed E-state index contributed by atoms with van der Waals surface area (Å²) in [5.74, 6) is 0.865. The maximum atomic E-state index is 12.5. The second-order valence-corrected chi connectivity index (χ2v) is 7.88. The van der Waals surface area contributed by atoms with Crippen molar-refractivity contribution in [3.05, 3.63) is 53.6 Å². The quantitative estimate of drug-likeness (QED) is 0.579. The Morgan fingerprint density at radius 1 is 1.08 bits per heavy atom. The van der Waals surface area contributed by atoms with E-state index in [-0.39, 0.29) is 4.90 Å². The first-order valence-corrected chi connectivity index (χ1v) is 9.68. The van der Waals surface area contributed by atoms with Gasteiger partial charge in [0.2, 0.25) is 0 Å². The highest BCUT2D eigenvalue weighted by molar-refractivity contribution is 7.86.